The average Bonchev–Trinajstić information content (AvgIpc) is 3.29. The number of halogens is 1. The molecule has 1 unspecified atom stereocenters. The summed E-state index contributed by atoms with van der Waals surface area (Å²) in [5.41, 5.74) is 2.35. The van der Waals surface area contributed by atoms with Crippen molar-refractivity contribution in [3.63, 3.8) is 0 Å². The van der Waals surface area contributed by atoms with Crippen molar-refractivity contribution >= 4 is 23.1 Å². The lowest BCUT2D eigenvalue weighted by molar-refractivity contribution is -0.132. The zero-order valence-corrected chi connectivity index (χ0v) is 24.1. The van der Waals surface area contributed by atoms with Crippen molar-refractivity contribution in [3.05, 3.63) is 119 Å². The number of hydrogen-bond donors (Lipinski definition) is 1. The molecule has 0 aromatic heterocycles. The fourth-order valence-electron chi connectivity index (χ4n) is 5.15. The third kappa shape index (κ3) is 5.61. The van der Waals surface area contributed by atoms with Gasteiger partial charge in [-0.25, -0.2) is 4.39 Å². The van der Waals surface area contributed by atoms with Crippen LogP contribution < -0.4 is 23.8 Å². The zero-order chi connectivity index (χ0) is 30.7. The topological polar surface area (TPSA) is 94.5 Å². The summed E-state index contributed by atoms with van der Waals surface area (Å²) >= 11 is 0. The van der Waals surface area contributed by atoms with Gasteiger partial charge >= 0.3 is 0 Å². The lowest BCUT2D eigenvalue weighted by Gasteiger charge is -2.26. The summed E-state index contributed by atoms with van der Waals surface area (Å²) in [6, 6.07) is 22.0. The fraction of sp³-hybridized carbons (Fsp3) is 0.176. The van der Waals surface area contributed by atoms with Crippen LogP contribution in [0.2, 0.25) is 0 Å². The summed E-state index contributed by atoms with van der Waals surface area (Å²) in [5, 5.41) is 11.6. The molecule has 5 rings (SSSR count). The van der Waals surface area contributed by atoms with E-state index in [0.29, 0.717) is 34.8 Å². The number of rotatable bonds is 9. The van der Waals surface area contributed by atoms with E-state index in [1.807, 2.05) is 37.3 Å². The molecule has 1 N–H and O–H groups in total. The van der Waals surface area contributed by atoms with E-state index >= 15 is 0 Å². The summed E-state index contributed by atoms with van der Waals surface area (Å²) in [6.07, 6.45) is 0. The molecule has 1 aliphatic heterocycles. The van der Waals surface area contributed by atoms with Crippen molar-refractivity contribution in [2.45, 2.75) is 19.6 Å². The molecule has 4 aromatic rings. The molecule has 1 atom stereocenters. The molecular weight excluding hydrogens is 553 g/mol. The third-order valence-corrected chi connectivity index (χ3v) is 7.22. The van der Waals surface area contributed by atoms with E-state index in [4.69, 9.17) is 18.9 Å². The Bertz CT molecular complexity index is 1690. The Morgan fingerprint density at radius 1 is 0.837 bits per heavy atom. The lowest BCUT2D eigenvalue weighted by atomic mass is 9.94. The molecule has 0 aliphatic carbocycles. The summed E-state index contributed by atoms with van der Waals surface area (Å²) in [4.78, 5) is 28.3. The molecule has 1 saturated heterocycles. The number of aryl methyl sites for hydroxylation is 1. The van der Waals surface area contributed by atoms with Crippen LogP contribution in [0.5, 0.6) is 23.0 Å². The number of Topliss-reactive ketones (excluding diaryl/α,β-unsaturated/α-hetero) is 1. The van der Waals surface area contributed by atoms with Gasteiger partial charge in [-0.05, 0) is 72.1 Å². The Balaban J connectivity index is 1.64. The first-order valence-corrected chi connectivity index (χ1v) is 13.4. The van der Waals surface area contributed by atoms with Gasteiger partial charge in [-0.3, -0.25) is 14.5 Å². The normalized spacial score (nSPS) is 15.8. The van der Waals surface area contributed by atoms with E-state index in [-0.39, 0.29) is 22.8 Å². The van der Waals surface area contributed by atoms with Crippen molar-refractivity contribution in [2.75, 3.05) is 26.2 Å². The Kier molecular flexibility index (Phi) is 8.34. The van der Waals surface area contributed by atoms with Gasteiger partial charge in [-0.2, -0.15) is 0 Å². The molecule has 43 heavy (non-hydrogen) atoms. The minimum absolute atomic E-state index is 0.140. The van der Waals surface area contributed by atoms with Gasteiger partial charge in [0.15, 0.2) is 11.5 Å². The van der Waals surface area contributed by atoms with E-state index in [0.717, 1.165) is 16.5 Å². The highest BCUT2D eigenvalue weighted by molar-refractivity contribution is 6.51. The number of carbonyl (C=O) groups is 2. The number of carbonyl (C=O) groups excluding carboxylic acids is 2. The maximum absolute atomic E-state index is 14.3. The van der Waals surface area contributed by atoms with Gasteiger partial charge < -0.3 is 24.1 Å². The van der Waals surface area contributed by atoms with Crippen LogP contribution in [0.3, 0.4) is 0 Å². The summed E-state index contributed by atoms with van der Waals surface area (Å²) in [5.74, 6) is -1.39. The SMILES string of the molecule is COc1cc(C2/C(=C(\O)c3ccc(OCc4ccccc4)c(C)c3)C(=O)C(=O)N2c2cccc(F)c2)cc(OC)c1OC. The maximum atomic E-state index is 14.3. The third-order valence-electron chi connectivity index (χ3n) is 7.22. The van der Waals surface area contributed by atoms with Crippen molar-refractivity contribution < 1.29 is 38.0 Å². The van der Waals surface area contributed by atoms with E-state index in [1.54, 1.807) is 30.3 Å². The molecule has 1 heterocycles. The summed E-state index contributed by atoms with van der Waals surface area (Å²) in [6.45, 7) is 2.17. The molecule has 220 valence electrons. The van der Waals surface area contributed by atoms with Gasteiger partial charge in [-0.1, -0.05) is 36.4 Å². The highest BCUT2D eigenvalue weighted by Crippen LogP contribution is 2.47. The number of ketones is 1. The van der Waals surface area contributed by atoms with Gasteiger partial charge in [0, 0.05) is 11.3 Å². The Morgan fingerprint density at radius 3 is 2.14 bits per heavy atom. The first kappa shape index (κ1) is 29.2. The minimum Gasteiger partial charge on any atom is -0.507 e. The van der Waals surface area contributed by atoms with E-state index in [9.17, 15) is 19.1 Å². The molecule has 1 amide bonds. The molecule has 0 bridgehead atoms. The summed E-state index contributed by atoms with van der Waals surface area (Å²) < 4.78 is 36.8. The Labute approximate surface area is 248 Å². The number of hydrogen-bond acceptors (Lipinski definition) is 7. The molecule has 9 heteroatoms. The van der Waals surface area contributed by atoms with Crippen molar-refractivity contribution in [1.29, 1.82) is 0 Å². The van der Waals surface area contributed by atoms with Gasteiger partial charge in [0.25, 0.3) is 11.7 Å². The van der Waals surface area contributed by atoms with E-state index < -0.39 is 29.3 Å². The average molecular weight is 584 g/mol. The molecule has 1 fully saturated rings. The highest BCUT2D eigenvalue weighted by Gasteiger charge is 2.47. The van der Waals surface area contributed by atoms with Gasteiger partial charge in [0.1, 0.15) is 23.9 Å². The van der Waals surface area contributed by atoms with Gasteiger partial charge in [0.05, 0.1) is 32.9 Å². The maximum Gasteiger partial charge on any atom is 0.300 e. The molecule has 4 aromatic carbocycles. The smallest absolute Gasteiger partial charge is 0.300 e. The lowest BCUT2D eigenvalue weighted by Crippen LogP contribution is -2.29. The number of ether oxygens (including phenoxy) is 4. The van der Waals surface area contributed by atoms with Crippen LogP contribution in [0.25, 0.3) is 5.76 Å². The first-order valence-electron chi connectivity index (χ1n) is 13.4. The molecule has 8 nitrogen and oxygen atoms in total. The van der Waals surface area contributed by atoms with Gasteiger partial charge in [0.2, 0.25) is 5.75 Å². The zero-order valence-electron chi connectivity index (χ0n) is 24.1. The van der Waals surface area contributed by atoms with Crippen LogP contribution in [-0.2, 0) is 16.2 Å². The molecule has 0 saturated carbocycles. The highest BCUT2D eigenvalue weighted by atomic mass is 19.1. The van der Waals surface area contributed by atoms with E-state index in [2.05, 4.69) is 0 Å². The van der Waals surface area contributed by atoms with Gasteiger partial charge in [-0.15, -0.1) is 0 Å². The Hall–Kier alpha value is -5.31. The van der Waals surface area contributed by atoms with Crippen molar-refractivity contribution in [1.82, 2.24) is 0 Å². The molecule has 0 radical (unpaired) electrons. The number of methoxy groups -OCH3 is 3. The van der Waals surface area contributed by atoms with Crippen molar-refractivity contribution in [2.24, 2.45) is 0 Å². The summed E-state index contributed by atoms with van der Waals surface area (Å²) in [7, 11) is 4.33. The largest absolute Gasteiger partial charge is 0.507 e. The standard InChI is InChI=1S/C34H30FNO7/c1-20-15-22(13-14-26(20)43-19-21-9-6-5-7-10-21)31(37)29-30(23-16-27(40-2)33(42-4)28(17-23)41-3)36(34(39)32(29)38)25-12-8-11-24(35)18-25/h5-18,30,37H,19H2,1-4H3/b31-29+. The number of aliphatic hydroxyl groups excluding tert-OH is 1. The molecular formula is C34H30FNO7. The second-order valence-electron chi connectivity index (χ2n) is 9.86. The molecule has 0 spiro atoms. The second kappa shape index (κ2) is 12.3. The number of anilines is 1. The van der Waals surface area contributed by atoms with E-state index in [1.165, 1.54) is 39.5 Å². The van der Waals surface area contributed by atoms with Crippen LogP contribution >= 0.6 is 0 Å². The number of amides is 1. The van der Waals surface area contributed by atoms with Crippen LogP contribution in [0.4, 0.5) is 10.1 Å². The van der Waals surface area contributed by atoms with Crippen LogP contribution in [0.1, 0.15) is 28.3 Å². The number of nitrogens with zero attached hydrogens (tertiary/aromatic N) is 1. The predicted molar refractivity (Wildman–Crippen MR) is 159 cm³/mol. The first-order chi connectivity index (χ1) is 20.8. The Morgan fingerprint density at radius 2 is 1.53 bits per heavy atom. The van der Waals surface area contributed by atoms with Crippen LogP contribution in [-0.4, -0.2) is 38.1 Å². The second-order valence-corrected chi connectivity index (χ2v) is 9.86. The number of aliphatic hydroxyl groups is 1. The monoisotopic (exact) mass is 583 g/mol. The van der Waals surface area contributed by atoms with Crippen LogP contribution in [0.15, 0.2) is 90.5 Å². The fourth-order valence-corrected chi connectivity index (χ4v) is 5.15. The van der Waals surface area contributed by atoms with Crippen molar-refractivity contribution in [3.8, 4) is 23.0 Å². The molecule has 1 aliphatic rings. The predicted octanol–water partition coefficient (Wildman–Crippen LogP) is 6.37. The van der Waals surface area contributed by atoms with Crippen LogP contribution in [0, 0.1) is 12.7 Å². The number of benzene rings is 4. The minimum atomic E-state index is -1.15. The quantitative estimate of drug-likeness (QED) is 0.139.